The predicted octanol–water partition coefficient (Wildman–Crippen LogP) is 4.26. The lowest BCUT2D eigenvalue weighted by Crippen LogP contribution is -2.45. The van der Waals surface area contributed by atoms with E-state index >= 15 is 0 Å². The standard InChI is InChI=1S/C23H22N2O/c1-17-7-9-21-19(15-17)8-10-22(23(21)26)25-13-11-20(12-14-25)24-16-18-5-3-2-4-6-18/h2-7,9,11-15,22H,8,10,16H2,1H3/p+1. The van der Waals surface area contributed by atoms with Gasteiger partial charge in [-0.3, -0.25) is 4.79 Å². The highest BCUT2D eigenvalue weighted by molar-refractivity contribution is 6.00. The van der Waals surface area contributed by atoms with E-state index in [9.17, 15) is 4.79 Å². The van der Waals surface area contributed by atoms with E-state index in [0.717, 1.165) is 30.6 Å². The zero-order chi connectivity index (χ0) is 17.9. The quantitative estimate of drug-likeness (QED) is 0.718. The number of pyridine rings is 1. The van der Waals surface area contributed by atoms with Crippen LogP contribution in [0.4, 0.5) is 5.69 Å². The van der Waals surface area contributed by atoms with Crippen LogP contribution >= 0.6 is 0 Å². The van der Waals surface area contributed by atoms with Crippen molar-refractivity contribution in [3.05, 3.63) is 95.3 Å². The molecule has 1 N–H and O–H groups in total. The van der Waals surface area contributed by atoms with Crippen LogP contribution in [-0.4, -0.2) is 5.78 Å². The third-order valence-electron chi connectivity index (χ3n) is 5.07. The lowest BCUT2D eigenvalue weighted by molar-refractivity contribution is -0.708. The maximum Gasteiger partial charge on any atom is 0.230 e. The van der Waals surface area contributed by atoms with Gasteiger partial charge in [0.15, 0.2) is 12.4 Å². The Morgan fingerprint density at radius 2 is 1.81 bits per heavy atom. The molecule has 4 rings (SSSR count). The summed E-state index contributed by atoms with van der Waals surface area (Å²) >= 11 is 0. The van der Waals surface area contributed by atoms with Gasteiger partial charge in [-0.05, 0) is 24.5 Å². The Labute approximate surface area is 154 Å². The van der Waals surface area contributed by atoms with Gasteiger partial charge in [0.05, 0.1) is 0 Å². The Balaban J connectivity index is 1.47. The molecule has 0 spiro atoms. The molecule has 1 aromatic heterocycles. The fourth-order valence-corrected chi connectivity index (χ4v) is 3.62. The van der Waals surface area contributed by atoms with E-state index in [1.807, 2.05) is 59.4 Å². The molecule has 1 heterocycles. The summed E-state index contributed by atoms with van der Waals surface area (Å²) in [5.74, 6) is 0.223. The number of nitrogens with one attached hydrogen (secondary N) is 1. The van der Waals surface area contributed by atoms with E-state index in [1.54, 1.807) is 0 Å². The first-order valence-corrected chi connectivity index (χ1v) is 9.13. The smallest absolute Gasteiger partial charge is 0.230 e. The van der Waals surface area contributed by atoms with E-state index in [1.165, 1.54) is 16.7 Å². The minimum Gasteiger partial charge on any atom is -0.381 e. The first-order chi connectivity index (χ1) is 12.7. The monoisotopic (exact) mass is 343 g/mol. The Morgan fingerprint density at radius 3 is 2.58 bits per heavy atom. The van der Waals surface area contributed by atoms with Crippen molar-refractivity contribution in [1.82, 2.24) is 0 Å². The SMILES string of the molecule is Cc1ccc2c(c1)CCC([n+]1ccc(NCc3ccccc3)cc1)C2=O. The van der Waals surface area contributed by atoms with Crippen LogP contribution in [0.3, 0.4) is 0 Å². The van der Waals surface area contributed by atoms with Crippen molar-refractivity contribution in [2.45, 2.75) is 32.4 Å². The predicted molar refractivity (Wildman–Crippen MR) is 103 cm³/mol. The number of fused-ring (bicyclic) bond motifs is 1. The first kappa shape index (κ1) is 16.5. The van der Waals surface area contributed by atoms with E-state index in [4.69, 9.17) is 0 Å². The first-order valence-electron chi connectivity index (χ1n) is 9.13. The van der Waals surface area contributed by atoms with Crippen molar-refractivity contribution in [2.24, 2.45) is 0 Å². The van der Waals surface area contributed by atoms with Gasteiger partial charge in [-0.15, -0.1) is 0 Å². The van der Waals surface area contributed by atoms with Crippen LogP contribution in [-0.2, 0) is 13.0 Å². The van der Waals surface area contributed by atoms with E-state index in [2.05, 4.69) is 30.4 Å². The maximum absolute atomic E-state index is 12.9. The Kier molecular flexibility index (Phi) is 4.53. The molecule has 0 saturated heterocycles. The van der Waals surface area contributed by atoms with Crippen molar-refractivity contribution in [2.75, 3.05) is 5.32 Å². The zero-order valence-electron chi connectivity index (χ0n) is 15.0. The van der Waals surface area contributed by atoms with Gasteiger partial charge in [0, 0.05) is 36.3 Å². The number of carbonyl (C=O) groups is 1. The minimum absolute atomic E-state index is 0.103. The molecule has 1 aliphatic carbocycles. The van der Waals surface area contributed by atoms with Gasteiger partial charge in [0.2, 0.25) is 11.8 Å². The summed E-state index contributed by atoms with van der Waals surface area (Å²) in [5.41, 5.74) is 5.60. The van der Waals surface area contributed by atoms with Gasteiger partial charge in [-0.25, -0.2) is 0 Å². The molecule has 3 nitrogen and oxygen atoms in total. The van der Waals surface area contributed by atoms with Gasteiger partial charge in [0.1, 0.15) is 0 Å². The molecule has 0 fully saturated rings. The molecule has 26 heavy (non-hydrogen) atoms. The van der Waals surface area contributed by atoms with Crippen LogP contribution in [0, 0.1) is 6.92 Å². The van der Waals surface area contributed by atoms with Crippen molar-refractivity contribution in [1.29, 1.82) is 0 Å². The largest absolute Gasteiger partial charge is 0.381 e. The van der Waals surface area contributed by atoms with Crippen LogP contribution < -0.4 is 9.88 Å². The minimum atomic E-state index is -0.103. The molecule has 130 valence electrons. The number of benzene rings is 2. The number of hydrogen-bond acceptors (Lipinski definition) is 2. The maximum atomic E-state index is 12.9. The molecular weight excluding hydrogens is 320 g/mol. The molecule has 0 aliphatic heterocycles. The van der Waals surface area contributed by atoms with E-state index in [-0.39, 0.29) is 11.8 Å². The van der Waals surface area contributed by atoms with Crippen LogP contribution in [0.15, 0.2) is 73.1 Å². The number of rotatable bonds is 4. The highest BCUT2D eigenvalue weighted by Gasteiger charge is 2.33. The topological polar surface area (TPSA) is 33.0 Å². The summed E-state index contributed by atoms with van der Waals surface area (Å²) in [5, 5.41) is 3.43. The van der Waals surface area contributed by atoms with Crippen LogP contribution in [0.1, 0.15) is 39.5 Å². The van der Waals surface area contributed by atoms with Crippen LogP contribution in [0.25, 0.3) is 0 Å². The molecule has 3 heteroatoms. The fraction of sp³-hybridized carbons (Fsp3) is 0.217. The summed E-state index contributed by atoms with van der Waals surface area (Å²) in [7, 11) is 0. The van der Waals surface area contributed by atoms with Crippen molar-refractivity contribution >= 4 is 11.5 Å². The summed E-state index contributed by atoms with van der Waals surface area (Å²) in [6, 6.07) is 20.5. The molecule has 1 aliphatic rings. The average Bonchev–Trinajstić information content (AvgIpc) is 2.68. The van der Waals surface area contributed by atoms with Gasteiger partial charge < -0.3 is 5.32 Å². The Hall–Kier alpha value is -2.94. The third-order valence-corrected chi connectivity index (χ3v) is 5.07. The highest BCUT2D eigenvalue weighted by atomic mass is 16.1. The van der Waals surface area contributed by atoms with Gasteiger partial charge in [-0.2, -0.15) is 4.57 Å². The normalized spacial score (nSPS) is 16.2. The second-order valence-electron chi connectivity index (χ2n) is 6.95. The number of aromatic nitrogens is 1. The number of anilines is 1. The summed E-state index contributed by atoms with van der Waals surface area (Å²) < 4.78 is 2.04. The average molecular weight is 343 g/mol. The summed E-state index contributed by atoms with van der Waals surface area (Å²) in [6.45, 7) is 2.87. The van der Waals surface area contributed by atoms with Crippen molar-refractivity contribution in [3.63, 3.8) is 0 Å². The lowest BCUT2D eigenvalue weighted by Gasteiger charge is -2.20. The number of nitrogens with zero attached hydrogens (tertiary/aromatic N) is 1. The number of aryl methyl sites for hydroxylation is 2. The molecule has 1 unspecified atom stereocenters. The summed E-state index contributed by atoms with van der Waals surface area (Å²) in [4.78, 5) is 12.9. The Morgan fingerprint density at radius 1 is 1.04 bits per heavy atom. The highest BCUT2D eigenvalue weighted by Crippen LogP contribution is 2.26. The molecule has 1 atom stereocenters. The van der Waals surface area contributed by atoms with Gasteiger partial charge >= 0.3 is 0 Å². The molecule has 3 aromatic rings. The van der Waals surface area contributed by atoms with E-state index < -0.39 is 0 Å². The van der Waals surface area contributed by atoms with E-state index in [0.29, 0.717) is 0 Å². The molecule has 2 aromatic carbocycles. The summed E-state index contributed by atoms with van der Waals surface area (Å²) in [6.07, 6.45) is 5.83. The van der Waals surface area contributed by atoms with Crippen LogP contribution in [0.5, 0.6) is 0 Å². The van der Waals surface area contributed by atoms with Gasteiger partial charge in [-0.1, -0.05) is 54.1 Å². The Bertz CT molecular complexity index is 917. The molecule has 0 radical (unpaired) electrons. The second-order valence-corrected chi connectivity index (χ2v) is 6.95. The number of Topliss-reactive ketones (excluding diaryl/α,β-unsaturated/α-hetero) is 1. The van der Waals surface area contributed by atoms with Crippen molar-refractivity contribution in [3.8, 4) is 0 Å². The molecule has 0 saturated carbocycles. The van der Waals surface area contributed by atoms with Gasteiger partial charge in [0.25, 0.3) is 0 Å². The third kappa shape index (κ3) is 3.38. The van der Waals surface area contributed by atoms with Crippen molar-refractivity contribution < 1.29 is 9.36 Å². The molecule has 0 amide bonds. The fourth-order valence-electron chi connectivity index (χ4n) is 3.62. The zero-order valence-corrected chi connectivity index (χ0v) is 15.0. The number of hydrogen-bond donors (Lipinski definition) is 1. The molecule has 0 bridgehead atoms. The van der Waals surface area contributed by atoms with Crippen LogP contribution in [0.2, 0.25) is 0 Å². The number of ketones is 1. The number of carbonyl (C=O) groups excluding carboxylic acids is 1. The lowest BCUT2D eigenvalue weighted by atomic mass is 9.86. The molecular formula is C23H23N2O+. The second kappa shape index (κ2) is 7.12.